The van der Waals surface area contributed by atoms with E-state index >= 15 is 0 Å². The van der Waals surface area contributed by atoms with Gasteiger partial charge in [-0.05, 0) is 55.5 Å². The molecule has 0 spiro atoms. The van der Waals surface area contributed by atoms with Crippen molar-refractivity contribution in [3.05, 3.63) is 97.1 Å². The van der Waals surface area contributed by atoms with Crippen LogP contribution in [0.25, 0.3) is 0 Å². The first-order valence-electron chi connectivity index (χ1n) is 11.8. The van der Waals surface area contributed by atoms with Crippen molar-refractivity contribution in [1.29, 1.82) is 0 Å². The van der Waals surface area contributed by atoms with Crippen molar-refractivity contribution in [2.45, 2.75) is 50.9 Å². The lowest BCUT2D eigenvalue weighted by Crippen LogP contribution is -2.43. The van der Waals surface area contributed by atoms with E-state index in [0.29, 0.717) is 16.4 Å². The van der Waals surface area contributed by atoms with Crippen molar-refractivity contribution in [1.82, 2.24) is 0 Å². The molecule has 34 heavy (non-hydrogen) atoms. The minimum Gasteiger partial charge on any atom is -0.447 e. The Balaban J connectivity index is 1.53. The molecule has 0 aromatic heterocycles. The van der Waals surface area contributed by atoms with E-state index in [0.717, 1.165) is 23.0 Å². The summed E-state index contributed by atoms with van der Waals surface area (Å²) in [7, 11) is -0.211. The number of ether oxygens (including phenoxy) is 2. The van der Waals surface area contributed by atoms with Crippen molar-refractivity contribution in [2.75, 3.05) is 0 Å². The molecule has 0 fully saturated rings. The van der Waals surface area contributed by atoms with Gasteiger partial charge in [-0.3, -0.25) is 0 Å². The molecule has 4 heteroatoms. The van der Waals surface area contributed by atoms with Crippen LogP contribution in [0.2, 0.25) is 0 Å². The van der Waals surface area contributed by atoms with E-state index in [1.54, 1.807) is 0 Å². The number of para-hydroxylation sites is 4. The Morgan fingerprint density at radius 3 is 1.15 bits per heavy atom. The van der Waals surface area contributed by atoms with Gasteiger partial charge in [-0.1, -0.05) is 62.4 Å². The molecule has 2 aliphatic rings. The van der Waals surface area contributed by atoms with Crippen molar-refractivity contribution in [3.63, 3.8) is 0 Å². The number of fused-ring (bicyclic) bond motifs is 4. The number of benzene rings is 4. The Hall–Kier alpha value is -2.82. The highest BCUT2D eigenvalue weighted by atomic mass is 32.2. The standard InChI is InChI=1S/C30H28O2S2/c1-20(2)30(34-28-18-10-6-14-24(28)32-25-15-7-11-19-29(25)34)21(3)33-26-16-8-4-12-22(26)31-23-13-5-9-17-27(23)33/h4-21,30H,1-3H3/q+2/t21-,30-/m0/s1. The molecule has 4 aromatic carbocycles. The second-order valence-corrected chi connectivity index (χ2v) is 13.5. The molecule has 0 unspecified atom stereocenters. The van der Waals surface area contributed by atoms with E-state index in [9.17, 15) is 0 Å². The summed E-state index contributed by atoms with van der Waals surface area (Å²) >= 11 is 0. The van der Waals surface area contributed by atoms with E-state index in [-0.39, 0.29) is 21.8 Å². The minimum atomic E-state index is -0.107. The van der Waals surface area contributed by atoms with Gasteiger partial charge in [-0.15, -0.1) is 0 Å². The Morgan fingerprint density at radius 2 is 0.794 bits per heavy atom. The predicted octanol–water partition coefficient (Wildman–Crippen LogP) is 8.08. The maximum absolute atomic E-state index is 6.36. The van der Waals surface area contributed by atoms with Crippen molar-refractivity contribution < 1.29 is 9.47 Å². The highest BCUT2D eigenvalue weighted by Crippen LogP contribution is 2.51. The van der Waals surface area contributed by atoms with Crippen LogP contribution in [-0.4, -0.2) is 10.5 Å². The second kappa shape index (κ2) is 8.75. The number of rotatable bonds is 4. The SMILES string of the molecule is CC(C)[C@@H]([C@H](C)[S+]1c2ccccc2Oc2ccccc21)[S+]1c2ccccc2Oc2ccccc21. The zero-order chi connectivity index (χ0) is 23.2. The molecule has 2 atom stereocenters. The van der Waals surface area contributed by atoms with E-state index in [2.05, 4.69) is 118 Å². The van der Waals surface area contributed by atoms with Crippen LogP contribution in [0.4, 0.5) is 0 Å². The van der Waals surface area contributed by atoms with Crippen LogP contribution in [-0.2, 0) is 21.8 Å². The highest BCUT2D eigenvalue weighted by Gasteiger charge is 2.55. The lowest BCUT2D eigenvalue weighted by molar-refractivity contribution is 0.448. The average molecular weight is 485 g/mol. The van der Waals surface area contributed by atoms with Crippen LogP contribution in [0, 0.1) is 5.92 Å². The monoisotopic (exact) mass is 484 g/mol. The Bertz CT molecular complexity index is 1260. The van der Waals surface area contributed by atoms with Gasteiger partial charge >= 0.3 is 0 Å². The maximum atomic E-state index is 6.36. The third kappa shape index (κ3) is 3.52. The van der Waals surface area contributed by atoms with E-state index in [1.165, 1.54) is 19.6 Å². The molecule has 0 bridgehead atoms. The number of hydrogen-bond acceptors (Lipinski definition) is 2. The van der Waals surface area contributed by atoms with Crippen LogP contribution >= 0.6 is 0 Å². The molecule has 0 saturated heterocycles. The molecule has 0 aliphatic carbocycles. The predicted molar refractivity (Wildman–Crippen MR) is 142 cm³/mol. The molecule has 2 nitrogen and oxygen atoms in total. The molecule has 6 rings (SSSR count). The highest BCUT2D eigenvalue weighted by molar-refractivity contribution is 8.01. The molecule has 0 amide bonds. The summed E-state index contributed by atoms with van der Waals surface area (Å²) in [6.07, 6.45) is 0. The molecule has 0 radical (unpaired) electrons. The molecule has 2 heterocycles. The average Bonchev–Trinajstić information content (AvgIpc) is 2.86. The minimum absolute atomic E-state index is 0.104. The molecular weight excluding hydrogens is 456 g/mol. The molecule has 2 aliphatic heterocycles. The van der Waals surface area contributed by atoms with Crippen molar-refractivity contribution in [3.8, 4) is 23.0 Å². The van der Waals surface area contributed by atoms with Gasteiger partial charge in [0.1, 0.15) is 0 Å². The Labute approximate surface area is 207 Å². The Kier molecular flexibility index (Phi) is 5.59. The zero-order valence-corrected chi connectivity index (χ0v) is 21.2. The fourth-order valence-electron chi connectivity index (χ4n) is 5.17. The van der Waals surface area contributed by atoms with E-state index in [1.807, 2.05) is 0 Å². The summed E-state index contributed by atoms with van der Waals surface area (Å²) in [5, 5.41) is 0.850. The molecule has 170 valence electrons. The van der Waals surface area contributed by atoms with Gasteiger partial charge in [-0.25, -0.2) is 0 Å². The summed E-state index contributed by atoms with van der Waals surface area (Å²) in [5.74, 6) is 4.48. The summed E-state index contributed by atoms with van der Waals surface area (Å²) in [6.45, 7) is 7.23. The van der Waals surface area contributed by atoms with Gasteiger partial charge in [0.05, 0.1) is 21.8 Å². The van der Waals surface area contributed by atoms with Crippen LogP contribution in [0.3, 0.4) is 0 Å². The molecule has 4 aromatic rings. The first-order chi connectivity index (χ1) is 16.6. The van der Waals surface area contributed by atoms with Gasteiger partial charge in [-0.2, -0.15) is 0 Å². The quantitative estimate of drug-likeness (QED) is 0.273. The molecular formula is C30H28O2S2+2. The van der Waals surface area contributed by atoms with E-state index < -0.39 is 0 Å². The summed E-state index contributed by atoms with van der Waals surface area (Å²) in [5.41, 5.74) is 0. The van der Waals surface area contributed by atoms with Gasteiger partial charge in [0, 0.05) is 5.92 Å². The lowest BCUT2D eigenvalue weighted by atomic mass is 10.1. The van der Waals surface area contributed by atoms with Crippen LogP contribution < -0.4 is 9.47 Å². The summed E-state index contributed by atoms with van der Waals surface area (Å²) in [4.78, 5) is 5.28. The van der Waals surface area contributed by atoms with Gasteiger partial charge in [0.15, 0.2) is 33.5 Å². The first kappa shape index (κ1) is 21.7. The zero-order valence-electron chi connectivity index (χ0n) is 19.6. The Morgan fingerprint density at radius 1 is 0.471 bits per heavy atom. The normalized spacial score (nSPS) is 16.4. The third-order valence-electron chi connectivity index (χ3n) is 6.55. The third-order valence-corrected chi connectivity index (χ3v) is 12.5. The fraction of sp³-hybridized carbons (Fsp3) is 0.200. The van der Waals surface area contributed by atoms with Crippen LogP contribution in [0.1, 0.15) is 20.8 Å². The van der Waals surface area contributed by atoms with Crippen LogP contribution in [0.5, 0.6) is 23.0 Å². The van der Waals surface area contributed by atoms with Crippen molar-refractivity contribution in [2.24, 2.45) is 5.92 Å². The van der Waals surface area contributed by atoms with Gasteiger partial charge in [0.2, 0.25) is 19.6 Å². The van der Waals surface area contributed by atoms with Gasteiger partial charge < -0.3 is 9.47 Å². The second-order valence-electron chi connectivity index (χ2n) is 9.08. The smallest absolute Gasteiger partial charge is 0.203 e. The topological polar surface area (TPSA) is 18.5 Å². The molecule has 0 N–H and O–H groups in total. The van der Waals surface area contributed by atoms with E-state index in [4.69, 9.17) is 9.47 Å². The fourth-order valence-corrected chi connectivity index (χ4v) is 11.4. The first-order valence-corrected chi connectivity index (χ1v) is 14.4. The lowest BCUT2D eigenvalue weighted by Gasteiger charge is -2.31. The van der Waals surface area contributed by atoms with Crippen molar-refractivity contribution >= 4 is 21.8 Å². The van der Waals surface area contributed by atoms with Crippen LogP contribution in [0.15, 0.2) is 117 Å². The number of hydrogen-bond donors (Lipinski definition) is 0. The maximum Gasteiger partial charge on any atom is 0.203 e. The molecule has 0 saturated carbocycles. The van der Waals surface area contributed by atoms with Gasteiger partial charge in [0.25, 0.3) is 0 Å². The largest absolute Gasteiger partial charge is 0.447 e. The summed E-state index contributed by atoms with van der Waals surface area (Å²) < 4.78 is 12.7. The summed E-state index contributed by atoms with van der Waals surface area (Å²) in [6, 6.07) is 34.4.